The van der Waals surface area contributed by atoms with Crippen LogP contribution in [0.4, 0.5) is 5.69 Å². The predicted molar refractivity (Wildman–Crippen MR) is 156 cm³/mol. The summed E-state index contributed by atoms with van der Waals surface area (Å²) >= 11 is 0. The van der Waals surface area contributed by atoms with Gasteiger partial charge in [-0.2, -0.15) is 0 Å². The minimum atomic E-state index is -2.74. The molecule has 1 unspecified atom stereocenters. The minimum Gasteiger partial charge on any atom is -0.492 e. The van der Waals surface area contributed by atoms with E-state index in [9.17, 15) is 4.21 Å². The molecule has 196 valence electrons. The number of anilines is 1. The summed E-state index contributed by atoms with van der Waals surface area (Å²) in [4.78, 5) is 0.695. The van der Waals surface area contributed by atoms with E-state index in [2.05, 4.69) is 35.5 Å². The Bertz CT molecular complexity index is 1390. The van der Waals surface area contributed by atoms with Crippen LogP contribution in [0.5, 0.6) is 11.5 Å². The molecule has 0 saturated carbocycles. The molecule has 5 nitrogen and oxygen atoms in total. The van der Waals surface area contributed by atoms with E-state index in [0.29, 0.717) is 17.9 Å². The van der Waals surface area contributed by atoms with Crippen molar-refractivity contribution in [2.45, 2.75) is 64.0 Å². The Balaban J connectivity index is 1.64. The Morgan fingerprint density at radius 3 is 2.51 bits per heavy atom. The molecule has 4 rings (SSSR count). The van der Waals surface area contributed by atoms with Crippen molar-refractivity contribution in [1.29, 1.82) is 0 Å². The molecule has 1 aliphatic heterocycles. The molecule has 2 atom stereocenters. The second-order valence-corrected chi connectivity index (χ2v) is 12.3. The molecule has 3 aromatic rings. The maximum Gasteiger partial charge on any atom is 0.142 e. The molecule has 0 fully saturated rings. The van der Waals surface area contributed by atoms with Gasteiger partial charge >= 0.3 is 0 Å². The lowest BCUT2D eigenvalue weighted by atomic mass is 9.89. The van der Waals surface area contributed by atoms with Crippen LogP contribution < -0.4 is 19.5 Å². The van der Waals surface area contributed by atoms with Crippen LogP contribution in [-0.2, 0) is 16.1 Å². The fraction of sp³-hybridized carbons (Fsp3) is 0.323. The third-order valence-corrected chi connectivity index (χ3v) is 8.28. The van der Waals surface area contributed by atoms with Crippen molar-refractivity contribution in [3.8, 4) is 11.5 Å². The van der Waals surface area contributed by atoms with Gasteiger partial charge in [-0.25, -0.2) is 8.93 Å². The maximum absolute atomic E-state index is 13.8. The zero-order chi connectivity index (χ0) is 26.8. The fourth-order valence-corrected chi connectivity index (χ4v) is 6.03. The first-order chi connectivity index (χ1) is 17.5. The summed E-state index contributed by atoms with van der Waals surface area (Å²) in [5, 5.41) is 3.43. The first-order valence-electron chi connectivity index (χ1n) is 12.8. The molecule has 3 aromatic carbocycles. The molecule has 6 heteroatoms. The smallest absolute Gasteiger partial charge is 0.142 e. The number of hydrogen-bond acceptors (Lipinski definition) is 4. The molecule has 0 spiro atoms. The zero-order valence-corrected chi connectivity index (χ0v) is 23.3. The summed E-state index contributed by atoms with van der Waals surface area (Å²) < 4.78 is 29.2. The summed E-state index contributed by atoms with van der Waals surface area (Å²) in [7, 11) is -2.74. The molecule has 0 aliphatic carbocycles. The Morgan fingerprint density at radius 1 is 1.11 bits per heavy atom. The molecule has 1 heterocycles. The van der Waals surface area contributed by atoms with Crippen molar-refractivity contribution in [3.63, 3.8) is 0 Å². The molecule has 37 heavy (non-hydrogen) atoms. The Hall–Kier alpha value is -3.22. The normalized spacial score (nSPS) is 17.7. The first-order valence-corrected chi connectivity index (χ1v) is 14.5. The first kappa shape index (κ1) is 26.8. The van der Waals surface area contributed by atoms with Crippen molar-refractivity contribution in [2.24, 2.45) is 0 Å². The number of ether oxygens (including phenoxy) is 2. The molecular formula is C31H38N2O3S. The van der Waals surface area contributed by atoms with Crippen molar-refractivity contribution < 1.29 is 13.7 Å². The standard InChI is InChI=1S/C31H38N2O3S/c1-8-23-11-14-25(15-12-23)37(7,34)33-28-20-31(5,6)36-29-17-13-24(19-26(28)29)22(4)32-27-18-21(3)10-16-30(27)35-9-2/h10-19,28,32H,4,7-9,20H2,1-3,5-6H3,(H,33,34)/t28-,37?/m0/s1. The predicted octanol–water partition coefficient (Wildman–Crippen LogP) is 6.92. The summed E-state index contributed by atoms with van der Waals surface area (Å²) in [6.45, 7) is 15.1. The zero-order valence-electron chi connectivity index (χ0n) is 22.5. The van der Waals surface area contributed by atoms with E-state index in [4.69, 9.17) is 9.47 Å². The highest BCUT2D eigenvalue weighted by molar-refractivity contribution is 7.98. The van der Waals surface area contributed by atoms with Gasteiger partial charge in [-0.3, -0.25) is 0 Å². The van der Waals surface area contributed by atoms with Gasteiger partial charge in [0.05, 0.1) is 28.0 Å². The molecular weight excluding hydrogens is 480 g/mol. The van der Waals surface area contributed by atoms with Crippen LogP contribution in [-0.4, -0.2) is 22.3 Å². The molecule has 0 bridgehead atoms. The molecule has 0 radical (unpaired) electrons. The summed E-state index contributed by atoms with van der Waals surface area (Å²) in [5.41, 5.74) is 5.37. The van der Waals surface area contributed by atoms with Crippen LogP contribution in [0.25, 0.3) is 5.70 Å². The van der Waals surface area contributed by atoms with Crippen molar-refractivity contribution in [2.75, 3.05) is 11.9 Å². The van der Waals surface area contributed by atoms with E-state index in [1.807, 2.05) is 82.3 Å². The maximum atomic E-state index is 13.8. The molecule has 0 amide bonds. The number of hydrogen-bond donors (Lipinski definition) is 2. The lowest BCUT2D eigenvalue weighted by molar-refractivity contribution is 0.0704. The van der Waals surface area contributed by atoms with Crippen LogP contribution in [0.3, 0.4) is 0 Å². The average molecular weight is 519 g/mol. The number of rotatable bonds is 9. The van der Waals surface area contributed by atoms with Crippen LogP contribution in [0.15, 0.2) is 72.1 Å². The van der Waals surface area contributed by atoms with Crippen LogP contribution in [0, 0.1) is 6.92 Å². The van der Waals surface area contributed by atoms with E-state index >= 15 is 0 Å². The van der Waals surface area contributed by atoms with E-state index in [0.717, 1.165) is 46.0 Å². The molecule has 1 aliphatic rings. The highest BCUT2D eigenvalue weighted by Crippen LogP contribution is 2.41. The third kappa shape index (κ3) is 6.20. The van der Waals surface area contributed by atoms with Gasteiger partial charge in [-0.15, -0.1) is 0 Å². The fourth-order valence-electron chi connectivity index (χ4n) is 4.65. The largest absolute Gasteiger partial charge is 0.492 e. The van der Waals surface area contributed by atoms with Gasteiger partial charge in [0.1, 0.15) is 17.1 Å². The van der Waals surface area contributed by atoms with Crippen molar-refractivity contribution >= 4 is 27.0 Å². The number of fused-ring (bicyclic) bond motifs is 1. The average Bonchev–Trinajstić information content (AvgIpc) is 2.84. The van der Waals surface area contributed by atoms with Crippen LogP contribution in [0.1, 0.15) is 62.4 Å². The lowest BCUT2D eigenvalue weighted by Crippen LogP contribution is -2.41. The lowest BCUT2D eigenvalue weighted by Gasteiger charge is -2.38. The highest BCUT2D eigenvalue weighted by Gasteiger charge is 2.35. The molecule has 2 N–H and O–H groups in total. The number of benzene rings is 3. The SMILES string of the molecule is C=C(Nc1cc(C)ccc1OCC)c1ccc2c(c1)[C@@H](NS(=C)(=O)c1ccc(CC)cc1)CC(C)(C)O2. The van der Waals surface area contributed by atoms with Gasteiger partial charge in [0.15, 0.2) is 0 Å². The highest BCUT2D eigenvalue weighted by atomic mass is 32.2. The number of aryl methyl sites for hydroxylation is 2. The quantitative estimate of drug-likeness (QED) is 0.302. The summed E-state index contributed by atoms with van der Waals surface area (Å²) in [5.74, 6) is 5.64. The van der Waals surface area contributed by atoms with Gasteiger partial charge in [-0.05, 0) is 99.1 Å². The van der Waals surface area contributed by atoms with Crippen LogP contribution >= 0.6 is 0 Å². The molecule has 0 aromatic heterocycles. The monoisotopic (exact) mass is 518 g/mol. The van der Waals surface area contributed by atoms with E-state index < -0.39 is 15.3 Å². The van der Waals surface area contributed by atoms with E-state index in [1.165, 1.54) is 5.56 Å². The van der Waals surface area contributed by atoms with E-state index in [1.54, 1.807) is 0 Å². The van der Waals surface area contributed by atoms with Crippen LogP contribution in [0.2, 0.25) is 0 Å². The second kappa shape index (κ2) is 10.6. The summed E-state index contributed by atoms with van der Waals surface area (Å²) in [6, 6.07) is 19.7. The third-order valence-electron chi connectivity index (χ3n) is 6.58. The van der Waals surface area contributed by atoms with Gasteiger partial charge in [0.2, 0.25) is 0 Å². The van der Waals surface area contributed by atoms with E-state index in [-0.39, 0.29) is 6.04 Å². The Kier molecular flexibility index (Phi) is 7.72. The topological polar surface area (TPSA) is 59.6 Å². The Labute approximate surface area is 222 Å². The number of nitrogens with one attached hydrogen (secondary N) is 2. The minimum absolute atomic E-state index is 0.208. The van der Waals surface area contributed by atoms with Crippen molar-refractivity contribution in [3.05, 3.63) is 89.5 Å². The molecule has 0 saturated heterocycles. The summed E-state index contributed by atoms with van der Waals surface area (Å²) in [6.07, 6.45) is 1.58. The van der Waals surface area contributed by atoms with Gasteiger partial charge < -0.3 is 14.8 Å². The van der Waals surface area contributed by atoms with Crippen molar-refractivity contribution in [1.82, 2.24) is 4.72 Å². The second-order valence-electron chi connectivity index (χ2n) is 10.2. The van der Waals surface area contributed by atoms with Gasteiger partial charge in [0.25, 0.3) is 0 Å². The van der Waals surface area contributed by atoms with Gasteiger partial charge in [-0.1, -0.05) is 31.7 Å². The Morgan fingerprint density at radius 2 is 1.84 bits per heavy atom. The van der Waals surface area contributed by atoms with Gasteiger partial charge in [0, 0.05) is 22.6 Å².